The zero-order chi connectivity index (χ0) is 23.4. The molecule has 3 aromatic rings. The lowest BCUT2D eigenvalue weighted by molar-refractivity contribution is -0.142. The number of esters is 1. The zero-order valence-corrected chi connectivity index (χ0v) is 18.0. The molecule has 166 valence electrons. The molecule has 2 aromatic carbocycles. The molecular weight excluding hydrogens is 420 g/mol. The molecule has 7 nitrogen and oxygen atoms in total. The number of amides is 1. The van der Waals surface area contributed by atoms with Gasteiger partial charge < -0.3 is 9.84 Å². The summed E-state index contributed by atoms with van der Waals surface area (Å²) in [6.07, 6.45) is 3.26. The van der Waals surface area contributed by atoms with E-state index in [4.69, 9.17) is 4.74 Å². The Morgan fingerprint density at radius 3 is 2.39 bits per heavy atom. The molecule has 1 amide bonds. The lowest BCUT2D eigenvalue weighted by Crippen LogP contribution is -2.29. The highest BCUT2D eigenvalue weighted by atomic mass is 16.5. The first kappa shape index (κ1) is 22.0. The molecule has 2 heterocycles. The van der Waals surface area contributed by atoms with Crippen molar-refractivity contribution >= 4 is 29.1 Å². The molecule has 1 aromatic heterocycles. The summed E-state index contributed by atoms with van der Waals surface area (Å²) in [5, 5.41) is 11.0. The summed E-state index contributed by atoms with van der Waals surface area (Å²) < 4.78 is 4.98. The van der Waals surface area contributed by atoms with Gasteiger partial charge in [-0.1, -0.05) is 48.5 Å². The average molecular weight is 442 g/mol. The van der Waals surface area contributed by atoms with E-state index >= 15 is 0 Å². The van der Waals surface area contributed by atoms with Crippen LogP contribution in [0.25, 0.3) is 5.76 Å². The number of benzene rings is 2. The normalized spacial score (nSPS) is 17.2. The number of carbonyl (C=O) groups excluding carboxylic acids is 3. The van der Waals surface area contributed by atoms with E-state index in [1.54, 1.807) is 86.0 Å². The van der Waals surface area contributed by atoms with Gasteiger partial charge in [0.15, 0.2) is 0 Å². The van der Waals surface area contributed by atoms with Crippen LogP contribution in [0.5, 0.6) is 0 Å². The molecule has 33 heavy (non-hydrogen) atoms. The fraction of sp³-hybridized carbons (Fsp3) is 0.154. The van der Waals surface area contributed by atoms with E-state index in [1.807, 2.05) is 0 Å². The average Bonchev–Trinajstić information content (AvgIpc) is 3.11. The molecule has 1 aliphatic rings. The van der Waals surface area contributed by atoms with Crippen LogP contribution < -0.4 is 4.90 Å². The maximum Gasteiger partial charge on any atom is 0.310 e. The van der Waals surface area contributed by atoms with E-state index < -0.39 is 17.7 Å². The molecule has 1 N–H and O–H groups in total. The Kier molecular flexibility index (Phi) is 6.31. The molecule has 1 aliphatic heterocycles. The van der Waals surface area contributed by atoms with Gasteiger partial charge in [0.05, 0.1) is 24.6 Å². The Balaban J connectivity index is 1.78. The molecule has 0 saturated carbocycles. The fourth-order valence-corrected chi connectivity index (χ4v) is 3.86. The van der Waals surface area contributed by atoms with Gasteiger partial charge in [-0.15, -0.1) is 0 Å². The van der Waals surface area contributed by atoms with Gasteiger partial charge in [-0.3, -0.25) is 24.3 Å². The monoisotopic (exact) mass is 442 g/mol. The number of pyridine rings is 1. The number of aromatic nitrogens is 1. The summed E-state index contributed by atoms with van der Waals surface area (Å²) in [5.41, 5.74) is 2.20. The Morgan fingerprint density at radius 1 is 1.03 bits per heavy atom. The second kappa shape index (κ2) is 9.48. The smallest absolute Gasteiger partial charge is 0.310 e. The molecule has 0 spiro atoms. The van der Waals surface area contributed by atoms with Crippen LogP contribution in [-0.2, 0) is 25.5 Å². The molecular formula is C26H22N2O5. The van der Waals surface area contributed by atoms with Crippen molar-refractivity contribution in [1.82, 2.24) is 4.98 Å². The lowest BCUT2D eigenvalue weighted by atomic mass is 9.96. The highest BCUT2D eigenvalue weighted by molar-refractivity contribution is 6.51. The van der Waals surface area contributed by atoms with Crippen LogP contribution in [0.2, 0.25) is 0 Å². The summed E-state index contributed by atoms with van der Waals surface area (Å²) >= 11 is 0. The van der Waals surface area contributed by atoms with E-state index in [0.29, 0.717) is 23.4 Å². The van der Waals surface area contributed by atoms with Gasteiger partial charge in [0.1, 0.15) is 5.76 Å². The Bertz CT molecular complexity index is 1200. The molecule has 7 heteroatoms. The van der Waals surface area contributed by atoms with Crippen LogP contribution in [0, 0.1) is 0 Å². The topological polar surface area (TPSA) is 96.8 Å². The third-order valence-electron chi connectivity index (χ3n) is 5.36. The molecule has 1 unspecified atom stereocenters. The Hall–Kier alpha value is -4.26. The summed E-state index contributed by atoms with van der Waals surface area (Å²) in [6, 6.07) is 18.0. The number of hydrogen-bond acceptors (Lipinski definition) is 6. The number of Topliss-reactive ketones (excluding diaryl/α,β-unsaturated/α-hetero) is 1. The SMILES string of the molecule is CCOC(=O)Cc1ccc(N2C(=O)C(=O)/C(=C(\O)c3ccccc3)C2c2cccnc2)cc1. The highest BCUT2D eigenvalue weighted by Crippen LogP contribution is 2.41. The van der Waals surface area contributed by atoms with Gasteiger partial charge in [-0.25, -0.2) is 0 Å². The molecule has 0 bridgehead atoms. The van der Waals surface area contributed by atoms with Crippen molar-refractivity contribution in [3.8, 4) is 0 Å². The van der Waals surface area contributed by atoms with E-state index in [-0.39, 0.29) is 23.7 Å². The van der Waals surface area contributed by atoms with Crippen molar-refractivity contribution in [2.75, 3.05) is 11.5 Å². The number of ether oxygens (including phenoxy) is 1. The van der Waals surface area contributed by atoms with Crippen molar-refractivity contribution < 1.29 is 24.2 Å². The van der Waals surface area contributed by atoms with Gasteiger partial charge in [-0.05, 0) is 36.2 Å². The van der Waals surface area contributed by atoms with Gasteiger partial charge in [0.2, 0.25) is 0 Å². The summed E-state index contributed by atoms with van der Waals surface area (Å²) in [6.45, 7) is 2.04. The minimum absolute atomic E-state index is 0.00481. The van der Waals surface area contributed by atoms with Crippen molar-refractivity contribution in [1.29, 1.82) is 0 Å². The van der Waals surface area contributed by atoms with Crippen molar-refractivity contribution in [2.24, 2.45) is 0 Å². The number of carbonyl (C=O) groups is 3. The minimum Gasteiger partial charge on any atom is -0.507 e. The first-order valence-electron chi connectivity index (χ1n) is 10.5. The third kappa shape index (κ3) is 4.39. The molecule has 1 fully saturated rings. The minimum atomic E-state index is -0.852. The maximum absolute atomic E-state index is 13.1. The number of aliphatic hydroxyl groups is 1. The number of hydrogen-bond donors (Lipinski definition) is 1. The van der Waals surface area contributed by atoms with E-state index in [0.717, 1.165) is 5.56 Å². The second-order valence-electron chi connectivity index (χ2n) is 7.47. The predicted molar refractivity (Wildman–Crippen MR) is 122 cm³/mol. The summed E-state index contributed by atoms with van der Waals surface area (Å²) in [5.74, 6) is -2.12. The lowest BCUT2D eigenvalue weighted by Gasteiger charge is -2.25. The van der Waals surface area contributed by atoms with Gasteiger partial charge in [0.25, 0.3) is 11.7 Å². The van der Waals surface area contributed by atoms with Crippen molar-refractivity contribution in [3.05, 3.63) is 101 Å². The quantitative estimate of drug-likeness (QED) is 0.270. The molecule has 1 atom stereocenters. The largest absolute Gasteiger partial charge is 0.507 e. The fourth-order valence-electron chi connectivity index (χ4n) is 3.86. The standard InChI is InChI=1S/C26H22N2O5/c1-2-33-21(29)15-17-10-12-20(13-11-17)28-23(19-9-6-14-27-16-19)22(25(31)26(28)32)24(30)18-7-4-3-5-8-18/h3-14,16,23,30H,2,15H2,1H3/b24-22-. The predicted octanol–water partition coefficient (Wildman–Crippen LogP) is 3.81. The van der Waals surface area contributed by atoms with Crippen LogP contribution >= 0.6 is 0 Å². The number of nitrogens with zero attached hydrogens (tertiary/aromatic N) is 2. The van der Waals surface area contributed by atoms with Crippen LogP contribution in [-0.4, -0.2) is 34.4 Å². The van der Waals surface area contributed by atoms with E-state index in [2.05, 4.69) is 4.98 Å². The Morgan fingerprint density at radius 2 is 1.76 bits per heavy atom. The summed E-state index contributed by atoms with van der Waals surface area (Å²) in [4.78, 5) is 43.5. The number of ketones is 1. The molecule has 0 radical (unpaired) electrons. The molecule has 4 rings (SSSR count). The number of rotatable bonds is 6. The molecule has 0 aliphatic carbocycles. The number of anilines is 1. The second-order valence-corrected chi connectivity index (χ2v) is 7.47. The number of aliphatic hydroxyl groups excluding tert-OH is 1. The zero-order valence-electron chi connectivity index (χ0n) is 18.0. The van der Waals surface area contributed by atoms with Crippen LogP contribution in [0.1, 0.15) is 29.7 Å². The van der Waals surface area contributed by atoms with Crippen LogP contribution in [0.4, 0.5) is 5.69 Å². The highest BCUT2D eigenvalue weighted by Gasteiger charge is 2.47. The Labute approximate surface area is 191 Å². The van der Waals surface area contributed by atoms with Crippen LogP contribution in [0.15, 0.2) is 84.7 Å². The van der Waals surface area contributed by atoms with Gasteiger partial charge >= 0.3 is 5.97 Å². The molecule has 1 saturated heterocycles. The van der Waals surface area contributed by atoms with Crippen LogP contribution in [0.3, 0.4) is 0 Å². The van der Waals surface area contributed by atoms with Gasteiger partial charge in [-0.2, -0.15) is 0 Å². The summed E-state index contributed by atoms with van der Waals surface area (Å²) in [7, 11) is 0. The maximum atomic E-state index is 13.1. The first-order chi connectivity index (χ1) is 16.0. The van der Waals surface area contributed by atoms with E-state index in [1.165, 1.54) is 4.90 Å². The third-order valence-corrected chi connectivity index (χ3v) is 5.36. The van der Waals surface area contributed by atoms with Gasteiger partial charge in [0, 0.05) is 23.6 Å². The van der Waals surface area contributed by atoms with Crippen molar-refractivity contribution in [3.63, 3.8) is 0 Å². The first-order valence-corrected chi connectivity index (χ1v) is 10.5. The van der Waals surface area contributed by atoms with Crippen molar-refractivity contribution in [2.45, 2.75) is 19.4 Å². The van der Waals surface area contributed by atoms with E-state index in [9.17, 15) is 19.5 Å².